The van der Waals surface area contributed by atoms with Crippen molar-refractivity contribution in [2.24, 2.45) is 0 Å². The third-order valence-corrected chi connectivity index (χ3v) is 2.60. The molecule has 1 atom stereocenters. The highest BCUT2D eigenvalue weighted by atomic mass is 32.1. The second-order valence-electron chi connectivity index (χ2n) is 3.89. The average Bonchev–Trinajstić information content (AvgIpc) is 2.49. The van der Waals surface area contributed by atoms with Crippen molar-refractivity contribution in [2.45, 2.75) is 32.9 Å². The molecule has 1 aromatic heterocycles. The predicted octanol–water partition coefficient (Wildman–Crippen LogP) is 1.96. The van der Waals surface area contributed by atoms with E-state index in [1.54, 1.807) is 7.11 Å². The van der Waals surface area contributed by atoms with E-state index in [4.69, 9.17) is 15.2 Å². The number of hydrogen-bond donors (Lipinski definition) is 2. The van der Waals surface area contributed by atoms with Crippen LogP contribution in [0.4, 0.5) is 10.8 Å². The van der Waals surface area contributed by atoms with Crippen molar-refractivity contribution in [3.05, 3.63) is 0 Å². The maximum absolute atomic E-state index is 5.74. The minimum Gasteiger partial charge on any atom is -0.484 e. The third-order valence-electron chi connectivity index (χ3n) is 1.82. The lowest BCUT2D eigenvalue weighted by atomic mass is 10.3. The monoisotopic (exact) mass is 245 g/mol. The normalized spacial score (nSPS) is 12.8. The van der Waals surface area contributed by atoms with Crippen molar-refractivity contribution in [3.8, 4) is 5.75 Å². The smallest absolute Gasteiger partial charge is 0.197 e. The van der Waals surface area contributed by atoms with Gasteiger partial charge in [0.1, 0.15) is 0 Å². The van der Waals surface area contributed by atoms with E-state index in [0.717, 1.165) is 5.00 Å². The first kappa shape index (κ1) is 13.1. The molecule has 0 bridgehead atoms. The zero-order chi connectivity index (χ0) is 12.1. The number of hydrogen-bond acceptors (Lipinski definition) is 6. The molecule has 5 nitrogen and oxygen atoms in total. The zero-order valence-corrected chi connectivity index (χ0v) is 10.9. The number of rotatable bonds is 6. The van der Waals surface area contributed by atoms with Crippen molar-refractivity contribution in [1.82, 2.24) is 4.37 Å². The second-order valence-corrected chi connectivity index (χ2v) is 4.67. The molecular weight excluding hydrogens is 226 g/mol. The van der Waals surface area contributed by atoms with E-state index in [-0.39, 0.29) is 12.1 Å². The topological polar surface area (TPSA) is 69.4 Å². The molecular formula is C10H19N3O2S. The quantitative estimate of drug-likeness (QED) is 0.801. The molecule has 0 spiro atoms. The molecule has 0 radical (unpaired) electrons. The Morgan fingerprint density at radius 3 is 2.69 bits per heavy atom. The van der Waals surface area contributed by atoms with Gasteiger partial charge < -0.3 is 20.5 Å². The van der Waals surface area contributed by atoms with Crippen LogP contribution in [0.1, 0.15) is 20.8 Å². The van der Waals surface area contributed by atoms with Gasteiger partial charge in [-0.1, -0.05) is 0 Å². The number of methoxy groups -OCH3 is 1. The maximum atomic E-state index is 5.74. The van der Waals surface area contributed by atoms with Crippen LogP contribution < -0.4 is 15.8 Å². The van der Waals surface area contributed by atoms with Crippen molar-refractivity contribution >= 4 is 22.4 Å². The van der Waals surface area contributed by atoms with E-state index in [1.165, 1.54) is 11.5 Å². The molecule has 0 amide bonds. The molecule has 0 fully saturated rings. The van der Waals surface area contributed by atoms with Gasteiger partial charge in [0, 0.05) is 13.2 Å². The van der Waals surface area contributed by atoms with Gasteiger partial charge >= 0.3 is 0 Å². The van der Waals surface area contributed by atoms with Crippen LogP contribution >= 0.6 is 11.5 Å². The van der Waals surface area contributed by atoms with Gasteiger partial charge in [-0.3, -0.25) is 0 Å². The molecule has 92 valence electrons. The Morgan fingerprint density at radius 2 is 2.12 bits per heavy atom. The molecule has 1 aromatic rings. The summed E-state index contributed by atoms with van der Waals surface area (Å²) in [5.41, 5.74) is 5.74. The number of anilines is 2. The minimum atomic E-state index is 0.0805. The van der Waals surface area contributed by atoms with Crippen molar-refractivity contribution in [2.75, 3.05) is 24.8 Å². The van der Waals surface area contributed by atoms with Crippen LogP contribution in [-0.4, -0.2) is 30.2 Å². The Morgan fingerprint density at radius 1 is 1.44 bits per heavy atom. The van der Waals surface area contributed by atoms with Gasteiger partial charge in [-0.25, -0.2) is 0 Å². The first-order valence-corrected chi connectivity index (χ1v) is 5.99. The first-order valence-electron chi connectivity index (χ1n) is 5.21. The van der Waals surface area contributed by atoms with E-state index in [1.807, 2.05) is 20.8 Å². The van der Waals surface area contributed by atoms with Crippen LogP contribution in [0.2, 0.25) is 0 Å². The van der Waals surface area contributed by atoms with E-state index in [0.29, 0.717) is 18.2 Å². The number of nitrogens with zero attached hydrogens (tertiary/aromatic N) is 1. The van der Waals surface area contributed by atoms with E-state index >= 15 is 0 Å². The average molecular weight is 245 g/mol. The molecule has 0 aliphatic heterocycles. The highest BCUT2D eigenvalue weighted by Gasteiger charge is 2.15. The molecule has 0 aliphatic carbocycles. The summed E-state index contributed by atoms with van der Waals surface area (Å²) >= 11 is 1.31. The lowest BCUT2D eigenvalue weighted by Crippen LogP contribution is -2.21. The standard InChI is InChI=1S/C10H19N3O2S/c1-6(2)15-8-9(11)13-16-10(8)12-7(3)5-14-4/h6-7,12H,5H2,1-4H3,(H2,11,13). The molecule has 6 heteroatoms. The Labute approximate surface area is 100 Å². The van der Waals surface area contributed by atoms with E-state index in [2.05, 4.69) is 9.69 Å². The molecule has 1 heterocycles. The van der Waals surface area contributed by atoms with Gasteiger partial charge in [0.15, 0.2) is 16.6 Å². The number of nitrogens with one attached hydrogen (secondary N) is 1. The summed E-state index contributed by atoms with van der Waals surface area (Å²) in [7, 11) is 1.67. The maximum Gasteiger partial charge on any atom is 0.197 e. The molecule has 0 saturated carbocycles. The largest absolute Gasteiger partial charge is 0.484 e. The summed E-state index contributed by atoms with van der Waals surface area (Å²) in [6, 6.07) is 0.194. The zero-order valence-electron chi connectivity index (χ0n) is 10.1. The highest BCUT2D eigenvalue weighted by Crippen LogP contribution is 2.36. The highest BCUT2D eigenvalue weighted by molar-refractivity contribution is 7.11. The van der Waals surface area contributed by atoms with Gasteiger partial charge in [0.05, 0.1) is 12.7 Å². The lowest BCUT2D eigenvalue weighted by molar-refractivity contribution is 0.190. The van der Waals surface area contributed by atoms with Crippen LogP contribution in [0.15, 0.2) is 0 Å². The van der Waals surface area contributed by atoms with Crippen LogP contribution in [-0.2, 0) is 4.74 Å². The molecule has 0 aliphatic rings. The van der Waals surface area contributed by atoms with Gasteiger partial charge in [-0.2, -0.15) is 4.37 Å². The number of aromatic nitrogens is 1. The Kier molecular flexibility index (Phi) is 4.82. The Balaban J connectivity index is 2.72. The van der Waals surface area contributed by atoms with Gasteiger partial charge in [0.2, 0.25) is 0 Å². The molecule has 16 heavy (non-hydrogen) atoms. The summed E-state index contributed by atoms with van der Waals surface area (Å²) in [5.74, 6) is 1.08. The van der Waals surface area contributed by atoms with Crippen molar-refractivity contribution in [3.63, 3.8) is 0 Å². The molecule has 1 unspecified atom stereocenters. The summed E-state index contributed by atoms with van der Waals surface area (Å²) in [5, 5.41) is 4.12. The summed E-state index contributed by atoms with van der Waals surface area (Å²) < 4.78 is 14.7. The summed E-state index contributed by atoms with van der Waals surface area (Å²) in [6.07, 6.45) is 0.0805. The Hall–Kier alpha value is -1.01. The predicted molar refractivity (Wildman–Crippen MR) is 67.3 cm³/mol. The Bertz CT molecular complexity index is 328. The SMILES string of the molecule is COCC(C)Nc1snc(N)c1OC(C)C. The minimum absolute atomic E-state index is 0.0805. The summed E-state index contributed by atoms with van der Waals surface area (Å²) in [6.45, 7) is 6.57. The van der Waals surface area contributed by atoms with Crippen LogP contribution in [0.5, 0.6) is 5.75 Å². The molecule has 1 rings (SSSR count). The fourth-order valence-corrected chi connectivity index (χ4v) is 2.01. The molecule has 3 N–H and O–H groups in total. The van der Waals surface area contributed by atoms with Crippen molar-refractivity contribution in [1.29, 1.82) is 0 Å². The first-order chi connectivity index (χ1) is 7.54. The number of nitrogen functional groups attached to an aromatic ring is 1. The number of nitrogens with two attached hydrogens (primary N) is 1. The third kappa shape index (κ3) is 3.53. The van der Waals surface area contributed by atoms with Gasteiger partial charge in [0.25, 0.3) is 0 Å². The molecule has 0 aromatic carbocycles. The van der Waals surface area contributed by atoms with Gasteiger partial charge in [-0.05, 0) is 32.3 Å². The van der Waals surface area contributed by atoms with Crippen LogP contribution in [0.3, 0.4) is 0 Å². The summed E-state index contributed by atoms with van der Waals surface area (Å²) in [4.78, 5) is 0. The second kappa shape index (κ2) is 5.91. The fourth-order valence-electron chi connectivity index (χ4n) is 1.25. The van der Waals surface area contributed by atoms with Crippen LogP contribution in [0, 0.1) is 0 Å². The fraction of sp³-hybridized carbons (Fsp3) is 0.700. The van der Waals surface area contributed by atoms with Crippen LogP contribution in [0.25, 0.3) is 0 Å². The number of ether oxygens (including phenoxy) is 2. The lowest BCUT2D eigenvalue weighted by Gasteiger charge is -2.15. The van der Waals surface area contributed by atoms with Crippen molar-refractivity contribution < 1.29 is 9.47 Å². The van der Waals surface area contributed by atoms with E-state index in [9.17, 15) is 0 Å². The van der Waals surface area contributed by atoms with E-state index < -0.39 is 0 Å². The molecule has 0 saturated heterocycles. The van der Waals surface area contributed by atoms with Gasteiger partial charge in [-0.15, -0.1) is 0 Å².